The van der Waals surface area contributed by atoms with Gasteiger partial charge in [-0.15, -0.1) is 0 Å². The van der Waals surface area contributed by atoms with Gasteiger partial charge in [-0.05, 0) is 73.6 Å². The van der Waals surface area contributed by atoms with Crippen LogP contribution in [0.15, 0.2) is 18.2 Å². The van der Waals surface area contributed by atoms with E-state index in [-0.39, 0.29) is 6.10 Å². The maximum atomic E-state index is 10.1. The highest BCUT2D eigenvalue weighted by atomic mass is 16.5. The molecule has 0 spiro atoms. The van der Waals surface area contributed by atoms with Crippen LogP contribution in [0.2, 0.25) is 0 Å². The maximum absolute atomic E-state index is 10.1. The normalized spacial score (nSPS) is 33.5. The van der Waals surface area contributed by atoms with Crippen molar-refractivity contribution in [2.24, 2.45) is 11.8 Å². The number of ether oxygens (including phenoxy) is 1. The van der Waals surface area contributed by atoms with Crippen LogP contribution in [-0.4, -0.2) is 11.2 Å². The fourth-order valence-corrected chi connectivity index (χ4v) is 3.62. The first-order valence-electron chi connectivity index (χ1n) is 8.11. The van der Waals surface area contributed by atoms with E-state index in [9.17, 15) is 5.11 Å². The number of fused-ring (bicyclic) bond motifs is 1. The Bertz CT molecular complexity index is 468. The molecule has 4 atom stereocenters. The number of aliphatic hydroxyl groups excluding tert-OH is 1. The van der Waals surface area contributed by atoms with Crippen molar-refractivity contribution in [2.75, 3.05) is 0 Å². The third-order valence-corrected chi connectivity index (χ3v) is 5.25. The zero-order valence-corrected chi connectivity index (χ0v) is 12.6. The summed E-state index contributed by atoms with van der Waals surface area (Å²) in [5.41, 5.74) is 2.38. The highest BCUT2D eigenvalue weighted by Gasteiger charge is 2.26. The van der Waals surface area contributed by atoms with E-state index in [0.717, 1.165) is 55.3 Å². The molecule has 2 aliphatic carbocycles. The summed E-state index contributed by atoms with van der Waals surface area (Å²) < 4.78 is 6.18. The van der Waals surface area contributed by atoms with Gasteiger partial charge in [-0.25, -0.2) is 0 Å². The van der Waals surface area contributed by atoms with Crippen molar-refractivity contribution in [3.8, 4) is 5.75 Å². The Morgan fingerprint density at radius 2 is 1.95 bits per heavy atom. The van der Waals surface area contributed by atoms with Crippen LogP contribution in [-0.2, 0) is 6.42 Å². The van der Waals surface area contributed by atoms with Crippen molar-refractivity contribution in [1.29, 1.82) is 0 Å². The minimum absolute atomic E-state index is 0.299. The molecule has 3 rings (SSSR count). The van der Waals surface area contributed by atoms with Crippen LogP contribution in [0.3, 0.4) is 0 Å². The van der Waals surface area contributed by atoms with Crippen molar-refractivity contribution in [1.82, 2.24) is 0 Å². The van der Waals surface area contributed by atoms with Gasteiger partial charge in [0, 0.05) is 0 Å². The van der Waals surface area contributed by atoms with E-state index in [2.05, 4.69) is 32.0 Å². The molecule has 0 saturated heterocycles. The van der Waals surface area contributed by atoms with Crippen LogP contribution >= 0.6 is 0 Å². The highest BCUT2D eigenvalue weighted by Crippen LogP contribution is 2.35. The molecule has 1 N–H and O–H groups in total. The summed E-state index contributed by atoms with van der Waals surface area (Å²) in [6, 6.07) is 6.30. The second-order valence-electron chi connectivity index (χ2n) is 6.78. The Kier molecular flexibility index (Phi) is 4.02. The fraction of sp³-hybridized carbons (Fsp3) is 0.667. The molecule has 2 heteroatoms. The SMILES string of the molecule is CC1CCC(Oc2ccc3c(c2)[C@H](O)CCC3)CC1C. The molecule has 1 aromatic carbocycles. The van der Waals surface area contributed by atoms with Crippen LogP contribution in [0.4, 0.5) is 0 Å². The van der Waals surface area contributed by atoms with Gasteiger partial charge in [0.15, 0.2) is 0 Å². The van der Waals surface area contributed by atoms with Crippen molar-refractivity contribution in [2.45, 2.75) is 64.6 Å². The van der Waals surface area contributed by atoms with Gasteiger partial charge < -0.3 is 9.84 Å². The van der Waals surface area contributed by atoms with E-state index in [1.54, 1.807) is 0 Å². The molecule has 0 heterocycles. The molecular weight excluding hydrogens is 248 g/mol. The Morgan fingerprint density at radius 3 is 2.75 bits per heavy atom. The third-order valence-electron chi connectivity index (χ3n) is 5.25. The second kappa shape index (κ2) is 5.77. The third kappa shape index (κ3) is 2.85. The molecule has 110 valence electrons. The summed E-state index contributed by atoms with van der Waals surface area (Å²) in [5.74, 6) is 2.51. The van der Waals surface area contributed by atoms with E-state index in [1.807, 2.05) is 0 Å². The lowest BCUT2D eigenvalue weighted by Gasteiger charge is -2.32. The molecule has 1 fully saturated rings. The van der Waals surface area contributed by atoms with Crippen LogP contribution in [0.25, 0.3) is 0 Å². The molecule has 2 aliphatic rings. The molecule has 0 aliphatic heterocycles. The van der Waals surface area contributed by atoms with E-state index < -0.39 is 0 Å². The lowest BCUT2D eigenvalue weighted by molar-refractivity contribution is 0.0997. The Balaban J connectivity index is 1.70. The van der Waals surface area contributed by atoms with Gasteiger partial charge in [0.1, 0.15) is 5.75 Å². The average Bonchev–Trinajstić information content (AvgIpc) is 2.44. The number of aliphatic hydroxyl groups is 1. The highest BCUT2D eigenvalue weighted by molar-refractivity contribution is 5.38. The largest absolute Gasteiger partial charge is 0.490 e. The van der Waals surface area contributed by atoms with Gasteiger partial charge in [0.25, 0.3) is 0 Å². The monoisotopic (exact) mass is 274 g/mol. The van der Waals surface area contributed by atoms with E-state index >= 15 is 0 Å². The van der Waals surface area contributed by atoms with Gasteiger partial charge in [0.05, 0.1) is 12.2 Å². The molecule has 2 nitrogen and oxygen atoms in total. The van der Waals surface area contributed by atoms with Gasteiger partial charge in [-0.3, -0.25) is 0 Å². The van der Waals surface area contributed by atoms with Crippen molar-refractivity contribution in [3.63, 3.8) is 0 Å². The zero-order valence-electron chi connectivity index (χ0n) is 12.6. The molecule has 3 unspecified atom stereocenters. The van der Waals surface area contributed by atoms with Crippen molar-refractivity contribution < 1.29 is 9.84 Å². The Labute approximate surface area is 122 Å². The quantitative estimate of drug-likeness (QED) is 0.873. The standard InChI is InChI=1S/C18H26O2/c1-12-6-8-15(10-13(12)2)20-16-9-7-14-4-3-5-18(19)17(14)11-16/h7,9,11-13,15,18-19H,3-6,8,10H2,1-2H3/t12?,13?,15?,18-/m1/s1. The van der Waals surface area contributed by atoms with E-state index in [4.69, 9.17) is 4.74 Å². The molecule has 0 amide bonds. The molecule has 0 aromatic heterocycles. The summed E-state index contributed by atoms with van der Waals surface area (Å²) in [5, 5.41) is 10.1. The molecule has 0 bridgehead atoms. The number of rotatable bonds is 2. The summed E-state index contributed by atoms with van der Waals surface area (Å²) >= 11 is 0. The fourth-order valence-electron chi connectivity index (χ4n) is 3.62. The van der Waals surface area contributed by atoms with Gasteiger partial charge in [0.2, 0.25) is 0 Å². The van der Waals surface area contributed by atoms with E-state index in [0.29, 0.717) is 6.10 Å². The lowest BCUT2D eigenvalue weighted by Crippen LogP contribution is -2.28. The topological polar surface area (TPSA) is 29.5 Å². The minimum atomic E-state index is -0.299. The molecular formula is C18H26O2. The van der Waals surface area contributed by atoms with Crippen LogP contribution in [0, 0.1) is 11.8 Å². The predicted octanol–water partition coefficient (Wildman–Crippen LogP) is 4.26. The van der Waals surface area contributed by atoms with Crippen LogP contribution in [0.1, 0.15) is 63.2 Å². The zero-order chi connectivity index (χ0) is 14.1. The first-order chi connectivity index (χ1) is 9.63. The summed E-state index contributed by atoms with van der Waals surface area (Å²) in [4.78, 5) is 0. The smallest absolute Gasteiger partial charge is 0.120 e. The average molecular weight is 274 g/mol. The maximum Gasteiger partial charge on any atom is 0.120 e. The number of hydrogen-bond donors (Lipinski definition) is 1. The second-order valence-corrected chi connectivity index (χ2v) is 6.78. The number of hydrogen-bond acceptors (Lipinski definition) is 2. The van der Waals surface area contributed by atoms with Crippen molar-refractivity contribution in [3.05, 3.63) is 29.3 Å². The van der Waals surface area contributed by atoms with Crippen molar-refractivity contribution >= 4 is 0 Å². The lowest BCUT2D eigenvalue weighted by atomic mass is 9.80. The summed E-state index contributed by atoms with van der Waals surface area (Å²) in [7, 11) is 0. The van der Waals surface area contributed by atoms with Crippen LogP contribution in [0.5, 0.6) is 5.75 Å². The molecule has 1 aromatic rings. The Hall–Kier alpha value is -1.02. The molecule has 20 heavy (non-hydrogen) atoms. The Morgan fingerprint density at radius 1 is 1.10 bits per heavy atom. The predicted molar refractivity (Wildman–Crippen MR) is 80.9 cm³/mol. The number of aryl methyl sites for hydroxylation is 1. The summed E-state index contributed by atoms with van der Waals surface area (Å²) in [6.07, 6.45) is 6.68. The first kappa shape index (κ1) is 13.9. The molecule has 0 radical (unpaired) electrons. The van der Waals surface area contributed by atoms with Gasteiger partial charge in [-0.1, -0.05) is 19.9 Å². The van der Waals surface area contributed by atoms with Gasteiger partial charge >= 0.3 is 0 Å². The number of benzene rings is 1. The first-order valence-corrected chi connectivity index (χ1v) is 8.11. The summed E-state index contributed by atoms with van der Waals surface area (Å²) in [6.45, 7) is 4.67. The molecule has 1 saturated carbocycles. The van der Waals surface area contributed by atoms with Gasteiger partial charge in [-0.2, -0.15) is 0 Å². The van der Waals surface area contributed by atoms with E-state index in [1.165, 1.54) is 12.0 Å². The van der Waals surface area contributed by atoms with Crippen LogP contribution < -0.4 is 4.74 Å². The minimum Gasteiger partial charge on any atom is -0.490 e.